The molecule has 4 aromatic rings. The Kier molecular flexibility index (Phi) is 6.88. The maximum absolute atomic E-state index is 14.0. The van der Waals surface area contributed by atoms with E-state index in [4.69, 9.17) is 21.7 Å². The van der Waals surface area contributed by atoms with Gasteiger partial charge in [-0.05, 0) is 48.7 Å². The van der Waals surface area contributed by atoms with Gasteiger partial charge in [0.25, 0.3) is 0 Å². The number of carbonyl (C=O) groups is 1. The Labute approximate surface area is 225 Å². The summed E-state index contributed by atoms with van der Waals surface area (Å²) in [5, 5.41) is 12.1. The van der Waals surface area contributed by atoms with Crippen molar-refractivity contribution in [3.05, 3.63) is 87.8 Å². The molecule has 1 N–H and O–H groups in total. The molecule has 0 fully saturated rings. The van der Waals surface area contributed by atoms with E-state index in [-0.39, 0.29) is 65.0 Å². The molecule has 12 heteroatoms. The van der Waals surface area contributed by atoms with Crippen LogP contribution < -0.4 is 10.4 Å². The van der Waals surface area contributed by atoms with Gasteiger partial charge in [-0.15, -0.1) is 0 Å². The van der Waals surface area contributed by atoms with Gasteiger partial charge < -0.3 is 13.9 Å². The number of fused-ring (bicyclic) bond motifs is 1. The fraction of sp³-hybridized carbons (Fsp3) is 0.296. The molecule has 0 aliphatic carbocycles. The predicted molar refractivity (Wildman–Crippen MR) is 135 cm³/mol. The zero-order valence-electron chi connectivity index (χ0n) is 21.0. The lowest BCUT2D eigenvalue weighted by molar-refractivity contribution is -0.141. The lowest BCUT2D eigenvalue weighted by Gasteiger charge is -2.27. The second-order valence-corrected chi connectivity index (χ2v) is 9.84. The molecule has 0 saturated carbocycles. The molecule has 7 nitrogen and oxygen atoms in total. The third-order valence-electron chi connectivity index (χ3n) is 6.77. The Hall–Kier alpha value is -3.86. The first kappa shape index (κ1) is 26.7. The number of aromatic nitrogens is 4. The van der Waals surface area contributed by atoms with Crippen molar-refractivity contribution < 1.29 is 27.1 Å². The van der Waals surface area contributed by atoms with Gasteiger partial charge in [0.1, 0.15) is 11.6 Å². The number of aryl methyl sites for hydroxylation is 2. The topological polar surface area (TPSA) is 77.8 Å². The van der Waals surface area contributed by atoms with Gasteiger partial charge in [0, 0.05) is 48.3 Å². The van der Waals surface area contributed by atoms with Crippen molar-refractivity contribution in [3.63, 3.8) is 0 Å². The molecule has 5 rings (SSSR count). The molecular formula is C27H24ClF4N5O2. The van der Waals surface area contributed by atoms with Gasteiger partial charge in [0.15, 0.2) is 11.5 Å². The van der Waals surface area contributed by atoms with Gasteiger partial charge in [0.2, 0.25) is 5.62 Å². The van der Waals surface area contributed by atoms with Crippen LogP contribution in [0.25, 0.3) is 11.1 Å². The fourth-order valence-corrected chi connectivity index (χ4v) is 4.99. The molecule has 0 amide bonds. The van der Waals surface area contributed by atoms with E-state index in [1.54, 1.807) is 47.6 Å². The zero-order valence-corrected chi connectivity index (χ0v) is 21.8. The van der Waals surface area contributed by atoms with Crippen LogP contribution in [0.1, 0.15) is 34.1 Å². The number of halogens is 5. The maximum atomic E-state index is 14.0. The number of rotatable bonds is 6. The standard InChI is InChI=1S/C27H24ClF4N5O2/c1-3-37-13-21(25(34-37)27(30,31)32)19-8-15(12-36-7-6-35(2)26(36)33)9-20-23(38)17(14-39-24(19)20)10-16-4-5-18(29)11-22(16)28/h4-9,11,13,17,33H,3,10,12,14H2,1-2H3/t17-/m0/s1. The highest BCUT2D eigenvalue weighted by molar-refractivity contribution is 6.31. The first-order valence-corrected chi connectivity index (χ1v) is 12.5. The number of hydrogen-bond donors (Lipinski definition) is 1. The number of carbonyl (C=O) groups excluding carboxylic acids is 1. The number of nitrogens with one attached hydrogen (secondary N) is 1. The summed E-state index contributed by atoms with van der Waals surface area (Å²) in [6, 6.07) is 7.05. The lowest BCUT2D eigenvalue weighted by atomic mass is 9.86. The number of hydrogen-bond acceptors (Lipinski definition) is 4. The number of ether oxygens (including phenoxy) is 1. The SMILES string of the molecule is CCn1cc(-c2cc(Cn3ccn(C)c3=N)cc3c2OC[C@H](Cc2ccc(F)cc2Cl)C3=O)c(C(F)(F)F)n1. The summed E-state index contributed by atoms with van der Waals surface area (Å²) in [6.07, 6.45) is 0.0946. The molecular weight excluding hydrogens is 538 g/mol. The number of alkyl halides is 3. The van der Waals surface area contributed by atoms with Gasteiger partial charge in [-0.1, -0.05) is 17.7 Å². The van der Waals surface area contributed by atoms with Crippen LogP contribution in [0.15, 0.2) is 48.9 Å². The van der Waals surface area contributed by atoms with E-state index in [0.29, 0.717) is 11.1 Å². The summed E-state index contributed by atoms with van der Waals surface area (Å²) in [5.41, 5.74) is 0.218. The summed E-state index contributed by atoms with van der Waals surface area (Å²) >= 11 is 6.18. The third-order valence-corrected chi connectivity index (χ3v) is 7.12. The zero-order chi connectivity index (χ0) is 28.1. The lowest BCUT2D eigenvalue weighted by Crippen LogP contribution is -2.30. The number of ketones is 1. The number of imidazole rings is 1. The minimum absolute atomic E-state index is 0.0514. The Balaban J connectivity index is 1.63. The van der Waals surface area contributed by atoms with E-state index in [2.05, 4.69) is 5.10 Å². The summed E-state index contributed by atoms with van der Waals surface area (Å²) < 4.78 is 65.9. The first-order chi connectivity index (χ1) is 18.5. The summed E-state index contributed by atoms with van der Waals surface area (Å²) in [5.74, 6) is -1.45. The minimum atomic E-state index is -4.73. The average molecular weight is 562 g/mol. The van der Waals surface area contributed by atoms with Crippen molar-refractivity contribution in [3.8, 4) is 16.9 Å². The van der Waals surface area contributed by atoms with Crippen molar-refractivity contribution in [2.45, 2.75) is 32.6 Å². The van der Waals surface area contributed by atoms with Crippen molar-refractivity contribution in [1.82, 2.24) is 18.9 Å². The molecule has 39 heavy (non-hydrogen) atoms. The van der Waals surface area contributed by atoms with Crippen LogP contribution in [-0.2, 0) is 32.7 Å². The van der Waals surface area contributed by atoms with Crippen LogP contribution >= 0.6 is 11.6 Å². The monoisotopic (exact) mass is 561 g/mol. The quantitative estimate of drug-likeness (QED) is 0.317. The summed E-state index contributed by atoms with van der Waals surface area (Å²) in [4.78, 5) is 13.7. The molecule has 1 aliphatic rings. The molecule has 1 aliphatic heterocycles. The van der Waals surface area contributed by atoms with Gasteiger partial charge in [-0.3, -0.25) is 14.9 Å². The van der Waals surface area contributed by atoms with Crippen LogP contribution in [0.5, 0.6) is 5.75 Å². The highest BCUT2D eigenvalue weighted by Gasteiger charge is 2.40. The predicted octanol–water partition coefficient (Wildman–Crippen LogP) is 5.48. The molecule has 2 aromatic carbocycles. The van der Waals surface area contributed by atoms with Gasteiger partial charge in [-0.25, -0.2) is 4.39 Å². The van der Waals surface area contributed by atoms with Crippen LogP contribution in [0.4, 0.5) is 17.6 Å². The van der Waals surface area contributed by atoms with Crippen LogP contribution in [-0.4, -0.2) is 31.3 Å². The normalized spacial score (nSPS) is 15.4. The van der Waals surface area contributed by atoms with E-state index in [9.17, 15) is 22.4 Å². The Morgan fingerprint density at radius 3 is 2.54 bits per heavy atom. The van der Waals surface area contributed by atoms with Crippen LogP contribution in [0.2, 0.25) is 5.02 Å². The van der Waals surface area contributed by atoms with Gasteiger partial charge >= 0.3 is 6.18 Å². The number of benzene rings is 2. The molecule has 0 saturated heterocycles. The molecule has 3 heterocycles. The number of nitrogens with zero attached hydrogens (tertiary/aromatic N) is 4. The summed E-state index contributed by atoms with van der Waals surface area (Å²) in [6.45, 7) is 1.95. The van der Waals surface area contributed by atoms with Crippen molar-refractivity contribution in [1.29, 1.82) is 5.41 Å². The average Bonchev–Trinajstić information content (AvgIpc) is 3.46. The second kappa shape index (κ2) is 10.0. The highest BCUT2D eigenvalue weighted by atomic mass is 35.5. The summed E-state index contributed by atoms with van der Waals surface area (Å²) in [7, 11) is 1.70. The smallest absolute Gasteiger partial charge is 0.435 e. The van der Waals surface area contributed by atoms with Crippen molar-refractivity contribution in [2.75, 3.05) is 6.61 Å². The van der Waals surface area contributed by atoms with E-state index < -0.39 is 23.6 Å². The fourth-order valence-electron chi connectivity index (χ4n) is 4.74. The maximum Gasteiger partial charge on any atom is 0.435 e. The minimum Gasteiger partial charge on any atom is -0.491 e. The second-order valence-electron chi connectivity index (χ2n) is 9.44. The Morgan fingerprint density at radius 1 is 1.15 bits per heavy atom. The van der Waals surface area contributed by atoms with Crippen molar-refractivity contribution >= 4 is 17.4 Å². The Bertz CT molecular complexity index is 1640. The third kappa shape index (κ3) is 5.10. The number of Topliss-reactive ketones (excluding diaryl/α,β-unsaturated/α-hetero) is 1. The van der Waals surface area contributed by atoms with Crippen molar-refractivity contribution in [2.24, 2.45) is 13.0 Å². The molecule has 204 valence electrons. The molecule has 0 bridgehead atoms. The van der Waals surface area contributed by atoms with E-state index in [1.165, 1.54) is 23.0 Å². The molecule has 0 radical (unpaired) electrons. The van der Waals surface area contributed by atoms with Gasteiger partial charge in [-0.2, -0.15) is 18.3 Å². The first-order valence-electron chi connectivity index (χ1n) is 12.2. The highest BCUT2D eigenvalue weighted by Crippen LogP contribution is 2.44. The van der Waals surface area contributed by atoms with Gasteiger partial charge in [0.05, 0.1) is 24.6 Å². The Morgan fingerprint density at radius 2 is 1.90 bits per heavy atom. The van der Waals surface area contributed by atoms with E-state index in [1.807, 2.05) is 0 Å². The van der Waals surface area contributed by atoms with Crippen LogP contribution in [0, 0.1) is 17.1 Å². The van der Waals surface area contributed by atoms with Crippen LogP contribution in [0.3, 0.4) is 0 Å². The van der Waals surface area contributed by atoms with E-state index >= 15 is 0 Å². The molecule has 1 atom stereocenters. The van der Waals surface area contributed by atoms with E-state index in [0.717, 1.165) is 6.07 Å². The molecule has 0 unspecified atom stereocenters. The largest absolute Gasteiger partial charge is 0.491 e. The molecule has 2 aromatic heterocycles. The molecule has 0 spiro atoms.